The van der Waals surface area contributed by atoms with E-state index in [0.717, 1.165) is 24.2 Å². The van der Waals surface area contributed by atoms with Crippen LogP contribution in [0.1, 0.15) is 25.3 Å². The Kier molecular flexibility index (Phi) is 6.71. The number of rotatable bonds is 9. The molecule has 2 bridgehead atoms. The molecule has 2 aliphatic rings. The first-order chi connectivity index (χ1) is 12.8. The molecule has 1 aromatic carbocycles. The Morgan fingerprint density at radius 3 is 2.73 bits per heavy atom. The molecular formula is C18H25N3O5. The molecule has 0 N–H and O–H groups in total. The Labute approximate surface area is 153 Å². The maximum atomic E-state index is 8.92. The monoisotopic (exact) mass is 363 g/mol. The van der Waals surface area contributed by atoms with Crippen LogP contribution in [0.15, 0.2) is 29.4 Å². The van der Waals surface area contributed by atoms with Crippen molar-refractivity contribution in [2.24, 2.45) is 5.11 Å². The summed E-state index contributed by atoms with van der Waals surface area (Å²) in [5.74, 6) is 0.797. The fourth-order valence-corrected chi connectivity index (χ4v) is 3.21. The van der Waals surface area contributed by atoms with Gasteiger partial charge < -0.3 is 23.7 Å². The third kappa shape index (κ3) is 4.28. The Morgan fingerprint density at radius 2 is 2.04 bits per heavy atom. The lowest BCUT2D eigenvalue weighted by Gasteiger charge is -2.38. The fraction of sp³-hybridized carbons (Fsp3) is 0.667. The van der Waals surface area contributed by atoms with Crippen molar-refractivity contribution in [2.45, 2.75) is 57.0 Å². The van der Waals surface area contributed by atoms with E-state index in [1.54, 1.807) is 7.11 Å². The molecule has 2 saturated heterocycles. The summed E-state index contributed by atoms with van der Waals surface area (Å²) in [6.45, 7) is 3.49. The van der Waals surface area contributed by atoms with Crippen LogP contribution < -0.4 is 4.74 Å². The second kappa shape index (κ2) is 9.21. The van der Waals surface area contributed by atoms with Crippen molar-refractivity contribution in [3.8, 4) is 5.75 Å². The van der Waals surface area contributed by atoms with E-state index >= 15 is 0 Å². The number of azide groups is 1. The summed E-state index contributed by atoms with van der Waals surface area (Å²) < 4.78 is 28.8. The quantitative estimate of drug-likeness (QED) is 0.291. The van der Waals surface area contributed by atoms with E-state index in [4.69, 9.17) is 29.2 Å². The average Bonchev–Trinajstić information content (AvgIpc) is 3.10. The Morgan fingerprint density at radius 1 is 1.23 bits per heavy atom. The minimum atomic E-state index is -0.566. The van der Waals surface area contributed by atoms with Crippen LogP contribution in [-0.4, -0.2) is 51.0 Å². The molecule has 0 aliphatic carbocycles. The number of benzene rings is 1. The molecule has 2 heterocycles. The molecule has 0 spiro atoms. The van der Waals surface area contributed by atoms with E-state index in [-0.39, 0.29) is 18.3 Å². The van der Waals surface area contributed by atoms with Crippen molar-refractivity contribution < 1.29 is 23.7 Å². The van der Waals surface area contributed by atoms with Gasteiger partial charge in [0.05, 0.1) is 26.4 Å². The summed E-state index contributed by atoms with van der Waals surface area (Å²) in [7, 11) is 1.63. The molecule has 0 radical (unpaired) electrons. The second-order valence-corrected chi connectivity index (χ2v) is 6.38. The number of hydrogen-bond acceptors (Lipinski definition) is 6. The smallest absolute Gasteiger partial charge is 0.169 e. The van der Waals surface area contributed by atoms with Crippen molar-refractivity contribution in [2.75, 3.05) is 20.3 Å². The van der Waals surface area contributed by atoms with Gasteiger partial charge in [0.15, 0.2) is 6.29 Å². The first kappa shape index (κ1) is 18.9. The highest BCUT2D eigenvalue weighted by Gasteiger charge is 2.51. The minimum Gasteiger partial charge on any atom is -0.497 e. The summed E-state index contributed by atoms with van der Waals surface area (Å²) in [5, 5.41) is 3.86. The zero-order chi connectivity index (χ0) is 18.4. The van der Waals surface area contributed by atoms with E-state index in [1.165, 1.54) is 0 Å². The lowest BCUT2D eigenvalue weighted by molar-refractivity contribution is -0.209. The highest BCUT2D eigenvalue weighted by Crippen LogP contribution is 2.34. The highest BCUT2D eigenvalue weighted by molar-refractivity contribution is 5.26. The lowest BCUT2D eigenvalue weighted by atomic mass is 9.98. The molecule has 3 rings (SSSR count). The Balaban J connectivity index is 1.70. The maximum Gasteiger partial charge on any atom is 0.169 e. The van der Waals surface area contributed by atoms with Crippen LogP contribution in [0.5, 0.6) is 5.75 Å². The molecule has 2 unspecified atom stereocenters. The molecule has 8 nitrogen and oxygen atoms in total. The number of nitrogens with zero attached hydrogens (tertiary/aromatic N) is 3. The maximum absolute atomic E-state index is 8.92. The van der Waals surface area contributed by atoms with E-state index in [9.17, 15) is 0 Å². The molecule has 2 aliphatic heterocycles. The van der Waals surface area contributed by atoms with Gasteiger partial charge in [-0.15, -0.1) is 0 Å². The van der Waals surface area contributed by atoms with Gasteiger partial charge in [0.2, 0.25) is 0 Å². The summed E-state index contributed by atoms with van der Waals surface area (Å²) in [6, 6.07) is 7.13. The topological polar surface area (TPSA) is 94.9 Å². The van der Waals surface area contributed by atoms with Crippen molar-refractivity contribution in [1.29, 1.82) is 0 Å². The number of unbranched alkanes of at least 4 members (excludes halogenated alkanes) is 1. The van der Waals surface area contributed by atoms with Crippen LogP contribution in [0.3, 0.4) is 0 Å². The van der Waals surface area contributed by atoms with Gasteiger partial charge in [0.25, 0.3) is 0 Å². The second-order valence-electron chi connectivity index (χ2n) is 6.38. The molecular weight excluding hydrogens is 338 g/mol. The van der Waals surface area contributed by atoms with Crippen LogP contribution in [0, 0.1) is 0 Å². The number of fused-ring (bicyclic) bond motifs is 2. The molecule has 142 valence electrons. The number of hydrogen-bond donors (Lipinski definition) is 0. The van der Waals surface area contributed by atoms with Crippen molar-refractivity contribution in [3.63, 3.8) is 0 Å². The summed E-state index contributed by atoms with van der Waals surface area (Å²) in [5.41, 5.74) is 9.93. The van der Waals surface area contributed by atoms with Gasteiger partial charge in [-0.2, -0.15) is 0 Å². The SMILES string of the molecule is CCCCOC1[C@H](OCc2ccc(OC)cc2)C2CO[C@H](O2)[C@H]1N=[N+]=[N-]. The zero-order valence-electron chi connectivity index (χ0n) is 15.1. The van der Waals surface area contributed by atoms with Crippen molar-refractivity contribution >= 4 is 0 Å². The number of methoxy groups -OCH3 is 1. The van der Waals surface area contributed by atoms with Gasteiger partial charge in [0.1, 0.15) is 24.0 Å². The molecule has 2 fully saturated rings. The average molecular weight is 363 g/mol. The molecule has 0 aromatic heterocycles. The van der Waals surface area contributed by atoms with Gasteiger partial charge in [-0.3, -0.25) is 0 Å². The third-order valence-corrected chi connectivity index (χ3v) is 4.63. The van der Waals surface area contributed by atoms with Crippen molar-refractivity contribution in [1.82, 2.24) is 0 Å². The minimum absolute atomic E-state index is 0.227. The molecule has 8 heteroatoms. The van der Waals surface area contributed by atoms with Gasteiger partial charge in [-0.05, 0) is 29.6 Å². The molecule has 5 atom stereocenters. The van der Waals surface area contributed by atoms with E-state index in [1.807, 2.05) is 24.3 Å². The predicted octanol–water partition coefficient (Wildman–Crippen LogP) is 3.20. The van der Waals surface area contributed by atoms with E-state index < -0.39 is 12.3 Å². The van der Waals surface area contributed by atoms with Gasteiger partial charge in [0, 0.05) is 11.5 Å². The van der Waals surface area contributed by atoms with Crippen LogP contribution in [-0.2, 0) is 25.6 Å². The van der Waals surface area contributed by atoms with Gasteiger partial charge in [-0.1, -0.05) is 30.6 Å². The molecule has 1 aromatic rings. The summed E-state index contributed by atoms with van der Waals surface area (Å²) in [4.78, 5) is 2.94. The molecule has 0 saturated carbocycles. The number of ether oxygens (including phenoxy) is 5. The highest BCUT2D eigenvalue weighted by atomic mass is 16.7. The largest absolute Gasteiger partial charge is 0.497 e. The third-order valence-electron chi connectivity index (χ3n) is 4.63. The van der Waals surface area contributed by atoms with Crippen LogP contribution >= 0.6 is 0 Å². The first-order valence-corrected chi connectivity index (χ1v) is 8.94. The normalized spacial score (nSPS) is 30.0. The van der Waals surface area contributed by atoms with Crippen LogP contribution in [0.4, 0.5) is 0 Å². The van der Waals surface area contributed by atoms with Crippen LogP contribution in [0.2, 0.25) is 0 Å². The molecule has 0 amide bonds. The van der Waals surface area contributed by atoms with Gasteiger partial charge >= 0.3 is 0 Å². The van der Waals surface area contributed by atoms with E-state index in [0.29, 0.717) is 19.8 Å². The Bertz CT molecular complexity index is 620. The lowest BCUT2D eigenvalue weighted by Crippen LogP contribution is -2.55. The fourth-order valence-electron chi connectivity index (χ4n) is 3.21. The Hall–Kier alpha value is -1.83. The van der Waals surface area contributed by atoms with Crippen molar-refractivity contribution in [3.05, 3.63) is 40.3 Å². The summed E-state index contributed by atoms with van der Waals surface area (Å²) >= 11 is 0. The summed E-state index contributed by atoms with van der Waals surface area (Å²) in [6.07, 6.45) is 0.418. The zero-order valence-corrected chi connectivity index (χ0v) is 15.1. The predicted molar refractivity (Wildman–Crippen MR) is 93.8 cm³/mol. The standard InChI is InChI=1S/C18H25N3O5/c1-3-4-9-23-17-15(20-21-19)18-25-11-14(26-18)16(17)24-10-12-5-7-13(22-2)8-6-12/h5-8,14-18H,3-4,9-11H2,1-2H3/t14?,15-,16+,17?,18+/m0/s1. The first-order valence-electron chi connectivity index (χ1n) is 8.94. The van der Waals surface area contributed by atoms with E-state index in [2.05, 4.69) is 16.9 Å². The molecule has 26 heavy (non-hydrogen) atoms. The van der Waals surface area contributed by atoms with Crippen LogP contribution in [0.25, 0.3) is 10.4 Å². The van der Waals surface area contributed by atoms with Gasteiger partial charge in [-0.25, -0.2) is 0 Å².